The molecule has 118 valence electrons. The number of hydrogen-bond donors (Lipinski definition) is 1. The Balaban J connectivity index is 3.01. The van der Waals surface area contributed by atoms with Crippen molar-refractivity contribution < 1.29 is 14.3 Å². The Labute approximate surface area is 127 Å². The van der Waals surface area contributed by atoms with Crippen LogP contribution in [0.4, 0.5) is 0 Å². The molecule has 0 fully saturated rings. The third-order valence-electron chi connectivity index (χ3n) is 3.68. The number of hydrogen-bond acceptors (Lipinski definition) is 4. The average molecular weight is 293 g/mol. The maximum atomic E-state index is 10.8. The van der Waals surface area contributed by atoms with Gasteiger partial charge in [0, 0.05) is 12.3 Å². The van der Waals surface area contributed by atoms with Crippen LogP contribution in [0, 0.1) is 0 Å². The standard InChI is InChI=1S/C17H27NO3/c1-4-6-15(5-2)21-17-11-13(7-8-16(17)20-3)14(12-18)9-10-19/h7-8,10-11,14-15H,4-6,9,12,18H2,1-3H3. The Morgan fingerprint density at radius 2 is 2.05 bits per heavy atom. The predicted molar refractivity (Wildman–Crippen MR) is 85.1 cm³/mol. The highest BCUT2D eigenvalue weighted by atomic mass is 16.5. The van der Waals surface area contributed by atoms with Gasteiger partial charge in [-0.1, -0.05) is 26.3 Å². The monoisotopic (exact) mass is 293 g/mol. The lowest BCUT2D eigenvalue weighted by Gasteiger charge is -2.21. The van der Waals surface area contributed by atoms with Gasteiger partial charge in [-0.3, -0.25) is 0 Å². The summed E-state index contributed by atoms with van der Waals surface area (Å²) in [7, 11) is 1.63. The van der Waals surface area contributed by atoms with Crippen LogP contribution in [-0.2, 0) is 4.79 Å². The van der Waals surface area contributed by atoms with Gasteiger partial charge in [0.25, 0.3) is 0 Å². The van der Waals surface area contributed by atoms with Gasteiger partial charge >= 0.3 is 0 Å². The SMILES string of the molecule is CCCC(CC)Oc1cc(C(CN)CC=O)ccc1OC. The summed E-state index contributed by atoms with van der Waals surface area (Å²) in [6.07, 6.45) is 4.57. The number of rotatable bonds is 10. The van der Waals surface area contributed by atoms with Gasteiger partial charge in [-0.2, -0.15) is 0 Å². The molecule has 0 aliphatic rings. The summed E-state index contributed by atoms with van der Waals surface area (Å²) in [5.41, 5.74) is 6.78. The van der Waals surface area contributed by atoms with Crippen LogP contribution < -0.4 is 15.2 Å². The van der Waals surface area contributed by atoms with E-state index in [1.54, 1.807) is 7.11 Å². The zero-order valence-electron chi connectivity index (χ0n) is 13.3. The lowest BCUT2D eigenvalue weighted by Crippen LogP contribution is -2.16. The van der Waals surface area contributed by atoms with E-state index < -0.39 is 0 Å². The van der Waals surface area contributed by atoms with Gasteiger partial charge in [0.15, 0.2) is 11.5 Å². The number of aldehydes is 1. The fraction of sp³-hybridized carbons (Fsp3) is 0.588. The van der Waals surface area contributed by atoms with Crippen LogP contribution in [0.15, 0.2) is 18.2 Å². The van der Waals surface area contributed by atoms with Gasteiger partial charge in [0.2, 0.25) is 0 Å². The maximum absolute atomic E-state index is 10.8. The van der Waals surface area contributed by atoms with Gasteiger partial charge < -0.3 is 20.0 Å². The first-order valence-corrected chi connectivity index (χ1v) is 7.68. The number of carbonyl (C=O) groups is 1. The van der Waals surface area contributed by atoms with E-state index in [9.17, 15) is 4.79 Å². The first-order valence-electron chi connectivity index (χ1n) is 7.68. The summed E-state index contributed by atoms with van der Waals surface area (Å²) in [6.45, 7) is 4.70. The number of ether oxygens (including phenoxy) is 2. The Hall–Kier alpha value is -1.55. The Kier molecular flexibility index (Phi) is 7.83. The van der Waals surface area contributed by atoms with E-state index in [-0.39, 0.29) is 12.0 Å². The largest absolute Gasteiger partial charge is 0.493 e. The van der Waals surface area contributed by atoms with Gasteiger partial charge in [-0.25, -0.2) is 0 Å². The molecule has 0 saturated heterocycles. The molecule has 1 aromatic carbocycles. The van der Waals surface area contributed by atoms with Crippen molar-refractivity contribution in [1.29, 1.82) is 0 Å². The molecule has 0 radical (unpaired) electrons. The van der Waals surface area contributed by atoms with E-state index in [2.05, 4.69) is 13.8 Å². The topological polar surface area (TPSA) is 61.5 Å². The molecule has 1 rings (SSSR count). The van der Waals surface area contributed by atoms with Crippen LogP contribution in [0.25, 0.3) is 0 Å². The molecule has 0 aliphatic heterocycles. The van der Waals surface area contributed by atoms with Crippen LogP contribution in [0.5, 0.6) is 11.5 Å². The summed E-state index contributed by atoms with van der Waals surface area (Å²) in [6, 6.07) is 5.79. The average Bonchev–Trinajstić information content (AvgIpc) is 2.52. The minimum Gasteiger partial charge on any atom is -0.493 e. The first kappa shape index (κ1) is 17.5. The molecule has 2 unspecified atom stereocenters. The van der Waals surface area contributed by atoms with Crippen molar-refractivity contribution in [3.63, 3.8) is 0 Å². The number of methoxy groups -OCH3 is 1. The zero-order chi connectivity index (χ0) is 15.7. The molecule has 0 amide bonds. The second-order valence-electron chi connectivity index (χ2n) is 5.18. The summed E-state index contributed by atoms with van der Waals surface area (Å²) in [4.78, 5) is 10.8. The van der Waals surface area contributed by atoms with E-state index in [4.69, 9.17) is 15.2 Å². The van der Waals surface area contributed by atoms with Crippen molar-refractivity contribution in [2.45, 2.75) is 51.6 Å². The van der Waals surface area contributed by atoms with Gasteiger partial charge in [0.05, 0.1) is 13.2 Å². The predicted octanol–water partition coefficient (Wildman–Crippen LogP) is 3.28. The van der Waals surface area contributed by atoms with E-state index in [1.165, 1.54) is 0 Å². The van der Waals surface area contributed by atoms with Crippen molar-refractivity contribution in [1.82, 2.24) is 0 Å². The molecule has 1 aromatic rings. The van der Waals surface area contributed by atoms with Crippen molar-refractivity contribution in [2.24, 2.45) is 5.73 Å². The summed E-state index contributed by atoms with van der Waals surface area (Å²) < 4.78 is 11.5. The molecule has 0 aliphatic carbocycles. The van der Waals surface area contributed by atoms with Crippen molar-refractivity contribution in [2.75, 3.05) is 13.7 Å². The third kappa shape index (κ3) is 5.05. The van der Waals surface area contributed by atoms with Crippen molar-refractivity contribution in [3.8, 4) is 11.5 Å². The van der Waals surface area contributed by atoms with E-state index in [0.29, 0.717) is 13.0 Å². The molecule has 0 saturated carbocycles. The molecule has 21 heavy (non-hydrogen) atoms. The summed E-state index contributed by atoms with van der Waals surface area (Å²) in [5.74, 6) is 1.48. The molecule has 0 spiro atoms. The van der Waals surface area contributed by atoms with Crippen LogP contribution in [-0.4, -0.2) is 26.0 Å². The maximum Gasteiger partial charge on any atom is 0.161 e. The van der Waals surface area contributed by atoms with Crippen molar-refractivity contribution >= 4 is 6.29 Å². The fourth-order valence-electron chi connectivity index (χ4n) is 2.37. The molecule has 0 heterocycles. The molecule has 2 atom stereocenters. The number of nitrogens with two attached hydrogens (primary N) is 1. The Morgan fingerprint density at radius 3 is 2.57 bits per heavy atom. The summed E-state index contributed by atoms with van der Waals surface area (Å²) in [5, 5.41) is 0. The molecule has 2 N–H and O–H groups in total. The van der Waals surface area contributed by atoms with Crippen LogP contribution in [0.2, 0.25) is 0 Å². The van der Waals surface area contributed by atoms with E-state index in [0.717, 1.165) is 42.6 Å². The minimum atomic E-state index is 0.0296. The molecule has 4 nitrogen and oxygen atoms in total. The summed E-state index contributed by atoms with van der Waals surface area (Å²) >= 11 is 0. The minimum absolute atomic E-state index is 0.0296. The van der Waals surface area contributed by atoms with Crippen LogP contribution in [0.3, 0.4) is 0 Å². The van der Waals surface area contributed by atoms with Gasteiger partial charge in [-0.05, 0) is 37.1 Å². The van der Waals surface area contributed by atoms with Crippen molar-refractivity contribution in [3.05, 3.63) is 23.8 Å². The molecule has 0 bridgehead atoms. The Morgan fingerprint density at radius 1 is 1.29 bits per heavy atom. The smallest absolute Gasteiger partial charge is 0.161 e. The highest BCUT2D eigenvalue weighted by molar-refractivity contribution is 5.53. The van der Waals surface area contributed by atoms with E-state index >= 15 is 0 Å². The van der Waals surface area contributed by atoms with Crippen LogP contribution >= 0.6 is 0 Å². The lowest BCUT2D eigenvalue weighted by atomic mass is 9.96. The first-order chi connectivity index (χ1) is 10.2. The lowest BCUT2D eigenvalue weighted by molar-refractivity contribution is -0.108. The van der Waals surface area contributed by atoms with Crippen LogP contribution in [0.1, 0.15) is 51.0 Å². The second kappa shape index (κ2) is 9.40. The second-order valence-corrected chi connectivity index (χ2v) is 5.18. The Bertz CT molecular complexity index is 434. The molecular weight excluding hydrogens is 266 g/mol. The highest BCUT2D eigenvalue weighted by Gasteiger charge is 2.15. The third-order valence-corrected chi connectivity index (χ3v) is 3.68. The van der Waals surface area contributed by atoms with E-state index in [1.807, 2.05) is 18.2 Å². The number of benzene rings is 1. The number of carbonyl (C=O) groups excluding carboxylic acids is 1. The molecule has 4 heteroatoms. The fourth-order valence-corrected chi connectivity index (χ4v) is 2.37. The quantitative estimate of drug-likeness (QED) is 0.672. The molecule has 0 aromatic heterocycles. The van der Waals surface area contributed by atoms with Gasteiger partial charge in [0.1, 0.15) is 6.29 Å². The van der Waals surface area contributed by atoms with Gasteiger partial charge in [-0.15, -0.1) is 0 Å². The normalized spacial score (nSPS) is 13.5. The molecular formula is C17H27NO3. The highest BCUT2D eigenvalue weighted by Crippen LogP contribution is 2.33. The zero-order valence-corrected chi connectivity index (χ0v) is 13.3.